The SMILES string of the molecule is CCCN1CC(C(=O)N2CCc3c(c(C(=O)O)nn3C)C2)CCC1=O. The first kappa shape index (κ1) is 17.4. The van der Waals surface area contributed by atoms with Gasteiger partial charge in [0, 0.05) is 57.3 Å². The molecule has 1 atom stereocenters. The Balaban J connectivity index is 1.74. The molecule has 8 heteroatoms. The van der Waals surface area contributed by atoms with Crippen LogP contribution < -0.4 is 0 Å². The van der Waals surface area contributed by atoms with Crippen LogP contribution >= 0.6 is 0 Å². The van der Waals surface area contributed by atoms with Gasteiger partial charge in [-0.3, -0.25) is 14.3 Å². The summed E-state index contributed by atoms with van der Waals surface area (Å²) < 4.78 is 1.60. The molecule has 1 unspecified atom stereocenters. The zero-order chi connectivity index (χ0) is 18.1. The lowest BCUT2D eigenvalue weighted by Crippen LogP contribution is -2.48. The fourth-order valence-corrected chi connectivity index (χ4v) is 3.81. The third-order valence-electron chi connectivity index (χ3n) is 5.10. The molecule has 0 bridgehead atoms. The number of aromatic carboxylic acids is 1. The van der Waals surface area contributed by atoms with Gasteiger partial charge in [-0.1, -0.05) is 6.92 Å². The minimum absolute atomic E-state index is 0.0134. The molecule has 3 heterocycles. The van der Waals surface area contributed by atoms with Gasteiger partial charge in [-0.2, -0.15) is 5.10 Å². The standard InChI is InChI=1S/C17H24N4O4/c1-3-7-20-9-11(4-5-14(20)22)16(23)21-8-6-13-12(10-21)15(17(24)25)18-19(13)2/h11H,3-10H2,1-2H3,(H,24,25). The zero-order valence-corrected chi connectivity index (χ0v) is 14.7. The molecule has 1 aromatic rings. The predicted octanol–water partition coefficient (Wildman–Crippen LogP) is 0.652. The van der Waals surface area contributed by atoms with Gasteiger partial charge in [-0.15, -0.1) is 0 Å². The van der Waals surface area contributed by atoms with Gasteiger partial charge in [0.15, 0.2) is 5.69 Å². The molecular weight excluding hydrogens is 324 g/mol. The van der Waals surface area contributed by atoms with Crippen molar-refractivity contribution in [3.05, 3.63) is 17.0 Å². The molecule has 0 aromatic carbocycles. The number of hydrogen-bond donors (Lipinski definition) is 1. The number of carbonyl (C=O) groups excluding carboxylic acids is 2. The summed E-state index contributed by atoms with van der Waals surface area (Å²) in [5.41, 5.74) is 1.54. The third-order valence-corrected chi connectivity index (χ3v) is 5.10. The molecule has 25 heavy (non-hydrogen) atoms. The molecule has 1 aromatic heterocycles. The zero-order valence-electron chi connectivity index (χ0n) is 14.7. The van der Waals surface area contributed by atoms with Crippen LogP contribution in [0.25, 0.3) is 0 Å². The first-order valence-electron chi connectivity index (χ1n) is 8.77. The van der Waals surface area contributed by atoms with E-state index in [1.54, 1.807) is 21.5 Å². The molecule has 2 amide bonds. The average Bonchev–Trinajstić information content (AvgIpc) is 2.93. The minimum atomic E-state index is -1.07. The van der Waals surface area contributed by atoms with Crippen LogP contribution in [0, 0.1) is 5.92 Å². The quantitative estimate of drug-likeness (QED) is 0.862. The first-order valence-corrected chi connectivity index (χ1v) is 8.77. The van der Waals surface area contributed by atoms with E-state index in [0.29, 0.717) is 44.5 Å². The van der Waals surface area contributed by atoms with Crippen LogP contribution in [0.1, 0.15) is 47.9 Å². The van der Waals surface area contributed by atoms with Crippen molar-refractivity contribution in [3.63, 3.8) is 0 Å². The van der Waals surface area contributed by atoms with E-state index >= 15 is 0 Å². The number of rotatable bonds is 4. The summed E-state index contributed by atoms with van der Waals surface area (Å²) in [7, 11) is 1.73. The Morgan fingerprint density at radius 2 is 2.08 bits per heavy atom. The molecule has 2 aliphatic rings. The Bertz CT molecular complexity index is 712. The summed E-state index contributed by atoms with van der Waals surface area (Å²) in [5, 5.41) is 13.4. The number of piperidine rings is 1. The second-order valence-electron chi connectivity index (χ2n) is 6.79. The van der Waals surface area contributed by atoms with Crippen molar-refractivity contribution in [2.45, 2.75) is 39.2 Å². The van der Waals surface area contributed by atoms with Crippen molar-refractivity contribution in [2.24, 2.45) is 13.0 Å². The van der Waals surface area contributed by atoms with Crippen molar-refractivity contribution in [1.29, 1.82) is 0 Å². The maximum Gasteiger partial charge on any atom is 0.356 e. The van der Waals surface area contributed by atoms with Gasteiger partial charge in [0.25, 0.3) is 0 Å². The van der Waals surface area contributed by atoms with Gasteiger partial charge in [0.05, 0.1) is 5.92 Å². The number of hydrogen-bond acceptors (Lipinski definition) is 4. The Labute approximate surface area is 146 Å². The fourth-order valence-electron chi connectivity index (χ4n) is 3.81. The molecular formula is C17H24N4O4. The maximum atomic E-state index is 12.9. The van der Waals surface area contributed by atoms with Crippen molar-refractivity contribution in [1.82, 2.24) is 19.6 Å². The summed E-state index contributed by atoms with van der Waals surface area (Å²) >= 11 is 0. The molecule has 136 valence electrons. The molecule has 1 saturated heterocycles. The number of aromatic nitrogens is 2. The van der Waals surface area contributed by atoms with Crippen molar-refractivity contribution in [3.8, 4) is 0 Å². The third kappa shape index (κ3) is 3.25. The van der Waals surface area contributed by atoms with Gasteiger partial charge in [-0.25, -0.2) is 4.79 Å². The van der Waals surface area contributed by atoms with Crippen LogP contribution in [0.2, 0.25) is 0 Å². The molecule has 0 radical (unpaired) electrons. The number of amides is 2. The Kier molecular flexibility index (Phi) is 4.78. The summed E-state index contributed by atoms with van der Waals surface area (Å²) in [6, 6.07) is 0. The van der Waals surface area contributed by atoms with E-state index in [2.05, 4.69) is 5.10 Å². The monoisotopic (exact) mass is 348 g/mol. The van der Waals surface area contributed by atoms with E-state index in [1.165, 1.54) is 0 Å². The van der Waals surface area contributed by atoms with Crippen molar-refractivity contribution < 1.29 is 19.5 Å². The highest BCUT2D eigenvalue weighted by Gasteiger charge is 2.35. The van der Waals surface area contributed by atoms with Gasteiger partial charge in [-0.05, 0) is 12.8 Å². The first-order chi connectivity index (χ1) is 11.9. The minimum Gasteiger partial charge on any atom is -0.476 e. The molecule has 1 N–H and O–H groups in total. The number of likely N-dealkylation sites (tertiary alicyclic amines) is 1. The Morgan fingerprint density at radius 3 is 2.76 bits per heavy atom. The molecule has 2 aliphatic heterocycles. The molecule has 0 spiro atoms. The highest BCUT2D eigenvalue weighted by molar-refractivity contribution is 5.88. The average molecular weight is 348 g/mol. The number of fused-ring (bicyclic) bond motifs is 1. The molecule has 3 rings (SSSR count). The maximum absolute atomic E-state index is 12.9. The van der Waals surface area contributed by atoms with E-state index in [0.717, 1.165) is 12.1 Å². The number of carboxylic acids is 1. The summed E-state index contributed by atoms with van der Waals surface area (Å²) in [4.78, 5) is 39.7. The van der Waals surface area contributed by atoms with Crippen LogP contribution in [0.5, 0.6) is 0 Å². The number of carboxylic acid groups (broad SMARTS) is 1. The van der Waals surface area contributed by atoms with Crippen LogP contribution in [0.4, 0.5) is 0 Å². The van der Waals surface area contributed by atoms with E-state index in [1.807, 2.05) is 6.92 Å². The van der Waals surface area contributed by atoms with E-state index in [-0.39, 0.29) is 30.0 Å². The Morgan fingerprint density at radius 1 is 1.32 bits per heavy atom. The normalized spacial score (nSPS) is 20.6. The van der Waals surface area contributed by atoms with Crippen LogP contribution in [-0.4, -0.2) is 62.1 Å². The molecule has 0 aliphatic carbocycles. The van der Waals surface area contributed by atoms with E-state index in [4.69, 9.17) is 0 Å². The van der Waals surface area contributed by atoms with Crippen LogP contribution in [0.3, 0.4) is 0 Å². The smallest absolute Gasteiger partial charge is 0.356 e. The predicted molar refractivity (Wildman–Crippen MR) is 88.9 cm³/mol. The number of aryl methyl sites for hydroxylation is 1. The lowest BCUT2D eigenvalue weighted by Gasteiger charge is -2.36. The topological polar surface area (TPSA) is 95.7 Å². The van der Waals surface area contributed by atoms with Gasteiger partial charge in [0.2, 0.25) is 11.8 Å². The largest absolute Gasteiger partial charge is 0.476 e. The fraction of sp³-hybridized carbons (Fsp3) is 0.647. The highest BCUT2D eigenvalue weighted by Crippen LogP contribution is 2.26. The Hall–Kier alpha value is -2.38. The molecule has 8 nitrogen and oxygen atoms in total. The van der Waals surface area contributed by atoms with E-state index in [9.17, 15) is 19.5 Å². The van der Waals surface area contributed by atoms with Gasteiger partial charge in [0.1, 0.15) is 0 Å². The summed E-state index contributed by atoms with van der Waals surface area (Å²) in [5.74, 6) is -1.13. The number of carbonyl (C=O) groups is 3. The summed E-state index contributed by atoms with van der Waals surface area (Å²) in [6.07, 6.45) is 2.45. The van der Waals surface area contributed by atoms with E-state index < -0.39 is 5.97 Å². The highest BCUT2D eigenvalue weighted by atomic mass is 16.4. The van der Waals surface area contributed by atoms with Gasteiger partial charge >= 0.3 is 5.97 Å². The molecule has 0 saturated carbocycles. The van der Waals surface area contributed by atoms with Crippen molar-refractivity contribution >= 4 is 17.8 Å². The second-order valence-corrected chi connectivity index (χ2v) is 6.79. The van der Waals surface area contributed by atoms with Gasteiger partial charge < -0.3 is 14.9 Å². The van der Waals surface area contributed by atoms with Crippen LogP contribution in [0.15, 0.2) is 0 Å². The lowest BCUT2D eigenvalue weighted by atomic mass is 9.94. The molecule has 1 fully saturated rings. The van der Waals surface area contributed by atoms with Crippen molar-refractivity contribution in [2.75, 3.05) is 19.6 Å². The number of nitrogens with zero attached hydrogens (tertiary/aromatic N) is 4. The summed E-state index contributed by atoms with van der Waals surface area (Å²) in [6.45, 7) is 4.00. The van der Waals surface area contributed by atoms with Crippen LogP contribution in [-0.2, 0) is 29.6 Å². The lowest BCUT2D eigenvalue weighted by molar-refractivity contribution is -0.143. The second kappa shape index (κ2) is 6.85.